The molecule has 1 unspecified atom stereocenters. The minimum atomic E-state index is 0.478. The average molecular weight is 293 g/mol. The molecule has 1 heterocycles. The first kappa shape index (κ1) is 13.7. The number of hydrogen-bond acceptors (Lipinski definition) is 3. The van der Waals surface area contributed by atoms with Crippen molar-refractivity contribution >= 4 is 5.82 Å². The van der Waals surface area contributed by atoms with E-state index in [1.807, 2.05) is 0 Å². The van der Waals surface area contributed by atoms with Gasteiger partial charge in [-0.15, -0.1) is 0 Å². The molecule has 0 amide bonds. The van der Waals surface area contributed by atoms with Crippen LogP contribution >= 0.6 is 0 Å². The lowest BCUT2D eigenvalue weighted by Crippen LogP contribution is -2.18. The monoisotopic (exact) mass is 293 g/mol. The number of hydrogen-bond donors (Lipinski definition) is 1. The molecule has 1 aromatic rings. The topological polar surface area (TPSA) is 37.8 Å². The van der Waals surface area contributed by atoms with Gasteiger partial charge >= 0.3 is 0 Å². The minimum absolute atomic E-state index is 0.478. The SMILES string of the molecule is C1=CCC=C2CC(Nc3ncnc4c3CCCCC4)CC2=C1. The van der Waals surface area contributed by atoms with Crippen molar-refractivity contribution in [3.8, 4) is 0 Å². The van der Waals surface area contributed by atoms with Crippen molar-refractivity contribution < 1.29 is 0 Å². The zero-order chi connectivity index (χ0) is 14.8. The molecule has 1 atom stereocenters. The van der Waals surface area contributed by atoms with Crippen LogP contribution in [0.25, 0.3) is 0 Å². The van der Waals surface area contributed by atoms with Gasteiger partial charge in [-0.2, -0.15) is 0 Å². The van der Waals surface area contributed by atoms with Gasteiger partial charge in [-0.1, -0.05) is 30.7 Å². The molecule has 0 radical (unpaired) electrons. The standard InChI is InChI=1S/C19H23N3/c1-3-7-14-11-16(12-15(14)8-4-1)22-19-17-9-5-2-6-10-18(17)20-13-21-19/h1,3,7-8,13,16H,2,4-6,9-12H2,(H,20,21,22). The summed E-state index contributed by atoms with van der Waals surface area (Å²) >= 11 is 0. The second-order valence-corrected chi connectivity index (χ2v) is 6.54. The number of aryl methyl sites for hydroxylation is 1. The summed E-state index contributed by atoms with van der Waals surface area (Å²) in [5, 5.41) is 3.72. The van der Waals surface area contributed by atoms with Crippen LogP contribution in [-0.2, 0) is 12.8 Å². The summed E-state index contributed by atoms with van der Waals surface area (Å²) in [5.41, 5.74) is 5.65. The summed E-state index contributed by atoms with van der Waals surface area (Å²) in [6.45, 7) is 0. The Morgan fingerprint density at radius 3 is 2.91 bits per heavy atom. The van der Waals surface area contributed by atoms with Gasteiger partial charge < -0.3 is 5.32 Å². The highest BCUT2D eigenvalue weighted by atomic mass is 15.0. The van der Waals surface area contributed by atoms with Crippen LogP contribution in [-0.4, -0.2) is 16.0 Å². The lowest BCUT2D eigenvalue weighted by Gasteiger charge is -2.16. The lowest BCUT2D eigenvalue weighted by molar-refractivity contribution is 0.708. The van der Waals surface area contributed by atoms with E-state index in [1.165, 1.54) is 41.7 Å². The molecular formula is C19H23N3. The molecule has 1 fully saturated rings. The first-order valence-corrected chi connectivity index (χ1v) is 8.54. The van der Waals surface area contributed by atoms with E-state index in [4.69, 9.17) is 0 Å². The van der Waals surface area contributed by atoms with Gasteiger partial charge in [0.2, 0.25) is 0 Å². The third-order valence-electron chi connectivity index (χ3n) is 4.99. The number of allylic oxidation sites excluding steroid dienone is 4. The van der Waals surface area contributed by atoms with Crippen LogP contribution in [0.15, 0.2) is 41.8 Å². The van der Waals surface area contributed by atoms with Gasteiger partial charge in [0.15, 0.2) is 0 Å². The number of anilines is 1. The zero-order valence-electron chi connectivity index (χ0n) is 13.0. The fourth-order valence-corrected chi connectivity index (χ4v) is 3.85. The molecule has 3 aliphatic carbocycles. The Morgan fingerprint density at radius 1 is 1.00 bits per heavy atom. The molecular weight excluding hydrogens is 270 g/mol. The number of fused-ring (bicyclic) bond motifs is 2. The van der Waals surface area contributed by atoms with E-state index >= 15 is 0 Å². The van der Waals surface area contributed by atoms with E-state index in [0.717, 1.165) is 37.9 Å². The maximum Gasteiger partial charge on any atom is 0.133 e. The Kier molecular flexibility index (Phi) is 3.79. The Morgan fingerprint density at radius 2 is 1.91 bits per heavy atom. The van der Waals surface area contributed by atoms with Crippen molar-refractivity contribution in [2.45, 2.75) is 57.4 Å². The van der Waals surface area contributed by atoms with Gasteiger partial charge in [0.1, 0.15) is 12.1 Å². The molecule has 0 bridgehead atoms. The third kappa shape index (κ3) is 2.72. The van der Waals surface area contributed by atoms with E-state index in [0.29, 0.717) is 6.04 Å². The third-order valence-corrected chi connectivity index (χ3v) is 4.99. The normalized spacial score (nSPS) is 23.7. The first-order valence-electron chi connectivity index (χ1n) is 8.54. The lowest BCUT2D eigenvalue weighted by atomic mass is 10.1. The highest BCUT2D eigenvalue weighted by molar-refractivity contribution is 5.51. The quantitative estimate of drug-likeness (QED) is 0.833. The predicted molar refractivity (Wildman–Crippen MR) is 89.9 cm³/mol. The zero-order valence-corrected chi connectivity index (χ0v) is 13.0. The van der Waals surface area contributed by atoms with Crippen LogP contribution in [0.2, 0.25) is 0 Å². The summed E-state index contributed by atoms with van der Waals surface area (Å²) in [4.78, 5) is 9.07. The molecule has 0 spiro atoms. The molecule has 1 N–H and O–H groups in total. The number of rotatable bonds is 2. The van der Waals surface area contributed by atoms with Crippen molar-refractivity contribution in [1.29, 1.82) is 0 Å². The van der Waals surface area contributed by atoms with Crippen LogP contribution in [0.3, 0.4) is 0 Å². The fraction of sp³-hybridized carbons (Fsp3) is 0.474. The van der Waals surface area contributed by atoms with Crippen molar-refractivity contribution in [3.63, 3.8) is 0 Å². The van der Waals surface area contributed by atoms with E-state index in [-0.39, 0.29) is 0 Å². The predicted octanol–water partition coefficient (Wildman–Crippen LogP) is 4.13. The molecule has 1 aromatic heterocycles. The van der Waals surface area contributed by atoms with Gasteiger partial charge in [-0.25, -0.2) is 9.97 Å². The van der Waals surface area contributed by atoms with Crippen LogP contribution in [0, 0.1) is 0 Å². The van der Waals surface area contributed by atoms with E-state index < -0.39 is 0 Å². The maximum absolute atomic E-state index is 4.56. The van der Waals surface area contributed by atoms with Crippen molar-refractivity contribution in [2.75, 3.05) is 5.32 Å². The molecule has 3 nitrogen and oxygen atoms in total. The smallest absolute Gasteiger partial charge is 0.133 e. The van der Waals surface area contributed by atoms with Gasteiger partial charge in [0.05, 0.1) is 0 Å². The van der Waals surface area contributed by atoms with Crippen LogP contribution < -0.4 is 5.32 Å². The van der Waals surface area contributed by atoms with Gasteiger partial charge in [0.25, 0.3) is 0 Å². The summed E-state index contributed by atoms with van der Waals surface area (Å²) in [5.74, 6) is 1.09. The van der Waals surface area contributed by atoms with Crippen molar-refractivity contribution in [3.05, 3.63) is 53.0 Å². The van der Waals surface area contributed by atoms with Crippen LogP contribution in [0.1, 0.15) is 49.8 Å². The van der Waals surface area contributed by atoms with Gasteiger partial charge in [-0.05, 0) is 56.1 Å². The van der Waals surface area contributed by atoms with Crippen LogP contribution in [0.4, 0.5) is 5.82 Å². The second kappa shape index (κ2) is 6.07. The van der Waals surface area contributed by atoms with Crippen molar-refractivity contribution in [1.82, 2.24) is 9.97 Å². The summed E-state index contributed by atoms with van der Waals surface area (Å²) < 4.78 is 0. The molecule has 0 saturated heterocycles. The molecule has 114 valence electrons. The Hall–Kier alpha value is -1.90. The summed E-state index contributed by atoms with van der Waals surface area (Å²) in [7, 11) is 0. The Bertz CT molecular complexity index is 655. The molecule has 1 saturated carbocycles. The Balaban J connectivity index is 1.55. The second-order valence-electron chi connectivity index (χ2n) is 6.54. The minimum Gasteiger partial charge on any atom is -0.366 e. The van der Waals surface area contributed by atoms with Crippen molar-refractivity contribution in [2.24, 2.45) is 0 Å². The number of nitrogens with zero attached hydrogens (tertiary/aromatic N) is 2. The molecule has 22 heavy (non-hydrogen) atoms. The number of nitrogens with one attached hydrogen (secondary N) is 1. The molecule has 3 aliphatic rings. The highest BCUT2D eigenvalue weighted by Gasteiger charge is 2.25. The molecule has 0 aliphatic heterocycles. The highest BCUT2D eigenvalue weighted by Crippen LogP contribution is 2.35. The van der Waals surface area contributed by atoms with Crippen LogP contribution in [0.5, 0.6) is 0 Å². The fourth-order valence-electron chi connectivity index (χ4n) is 3.85. The molecule has 0 aromatic carbocycles. The van der Waals surface area contributed by atoms with E-state index in [1.54, 1.807) is 6.33 Å². The largest absolute Gasteiger partial charge is 0.366 e. The average Bonchev–Trinajstić information content (AvgIpc) is 2.73. The maximum atomic E-state index is 4.56. The van der Waals surface area contributed by atoms with Gasteiger partial charge in [0, 0.05) is 17.3 Å². The number of aromatic nitrogens is 2. The van der Waals surface area contributed by atoms with E-state index in [9.17, 15) is 0 Å². The summed E-state index contributed by atoms with van der Waals surface area (Å²) in [6, 6.07) is 0.478. The molecule has 4 rings (SSSR count). The molecule has 3 heteroatoms. The Labute approximate surface area is 132 Å². The van der Waals surface area contributed by atoms with Gasteiger partial charge in [-0.3, -0.25) is 0 Å². The first-order chi connectivity index (χ1) is 10.9. The van der Waals surface area contributed by atoms with E-state index in [2.05, 4.69) is 39.6 Å². The summed E-state index contributed by atoms with van der Waals surface area (Å²) in [6.07, 6.45) is 20.2.